The summed E-state index contributed by atoms with van der Waals surface area (Å²) < 4.78 is 7.66. The summed E-state index contributed by atoms with van der Waals surface area (Å²) in [6.45, 7) is 6.18. The van der Waals surface area contributed by atoms with Crippen LogP contribution in [0.4, 0.5) is 0 Å². The molecule has 0 amide bonds. The van der Waals surface area contributed by atoms with Gasteiger partial charge in [-0.05, 0) is 50.1 Å². The van der Waals surface area contributed by atoms with Gasteiger partial charge in [0, 0.05) is 4.88 Å². The van der Waals surface area contributed by atoms with Gasteiger partial charge in [-0.3, -0.25) is 0 Å². The molecular weight excluding hydrogens is 346 g/mol. The number of ether oxygens (including phenoxy) is 1. The Morgan fingerprint density at radius 2 is 2.08 bits per heavy atom. The number of aromatic nitrogens is 4. The lowest BCUT2D eigenvalue weighted by Crippen LogP contribution is -2.05. The lowest BCUT2D eigenvalue weighted by atomic mass is 10.1. The molecule has 0 radical (unpaired) electrons. The van der Waals surface area contributed by atoms with Gasteiger partial charge in [0.1, 0.15) is 16.9 Å². The summed E-state index contributed by atoms with van der Waals surface area (Å²) >= 11 is 1.69. The molecule has 1 unspecified atom stereocenters. The summed E-state index contributed by atoms with van der Waals surface area (Å²) in [5.41, 5.74) is 2.70. The summed E-state index contributed by atoms with van der Waals surface area (Å²) in [6.07, 6.45) is 2.33. The van der Waals surface area contributed by atoms with Gasteiger partial charge in [0.15, 0.2) is 17.6 Å². The Kier molecular flexibility index (Phi) is 4.05. The molecule has 6 nitrogen and oxygen atoms in total. The fraction of sp³-hybridized carbons (Fsp3) is 0.263. The van der Waals surface area contributed by atoms with E-state index in [0.29, 0.717) is 17.1 Å². The lowest BCUT2D eigenvalue weighted by Gasteiger charge is -2.11. The second-order valence-corrected chi connectivity index (χ2v) is 7.25. The molecule has 4 aromatic rings. The van der Waals surface area contributed by atoms with E-state index in [2.05, 4.69) is 30.0 Å². The third kappa shape index (κ3) is 2.68. The summed E-state index contributed by atoms with van der Waals surface area (Å²) in [7, 11) is 0. The Balaban J connectivity index is 1.72. The van der Waals surface area contributed by atoms with Gasteiger partial charge in [0.2, 0.25) is 0 Å². The molecule has 0 aliphatic carbocycles. The second kappa shape index (κ2) is 6.39. The molecule has 3 aromatic heterocycles. The highest BCUT2D eigenvalue weighted by molar-refractivity contribution is 7.18. The number of aryl methyl sites for hydroxylation is 2. The smallest absolute Gasteiger partial charge is 0.192 e. The molecule has 26 heavy (non-hydrogen) atoms. The van der Waals surface area contributed by atoms with Crippen molar-refractivity contribution in [2.24, 2.45) is 0 Å². The minimum absolute atomic E-state index is 0.317. The van der Waals surface area contributed by atoms with Crippen LogP contribution in [-0.4, -0.2) is 19.6 Å². The minimum Gasteiger partial charge on any atom is -0.483 e. The largest absolute Gasteiger partial charge is 0.483 e. The summed E-state index contributed by atoms with van der Waals surface area (Å²) in [5.74, 6) is 1.29. The highest BCUT2D eigenvalue weighted by atomic mass is 32.1. The molecule has 1 aromatic carbocycles. The molecule has 0 saturated carbocycles. The summed E-state index contributed by atoms with van der Waals surface area (Å²) in [5, 5.41) is 14.5. The Morgan fingerprint density at radius 3 is 2.77 bits per heavy atom. The number of rotatable bonds is 4. The number of hydrogen-bond donors (Lipinski definition) is 0. The predicted octanol–water partition coefficient (Wildman–Crippen LogP) is 4.22. The third-order valence-corrected chi connectivity index (χ3v) is 5.41. The highest BCUT2D eigenvalue weighted by Gasteiger charge is 2.19. The van der Waals surface area contributed by atoms with Crippen LogP contribution in [0.2, 0.25) is 0 Å². The highest BCUT2D eigenvalue weighted by Crippen LogP contribution is 2.32. The quantitative estimate of drug-likeness (QED) is 0.542. The lowest BCUT2D eigenvalue weighted by molar-refractivity contribution is 0.216. The average Bonchev–Trinajstić information content (AvgIpc) is 3.22. The van der Waals surface area contributed by atoms with Crippen LogP contribution in [0.15, 0.2) is 30.6 Å². The van der Waals surface area contributed by atoms with Crippen LogP contribution in [0.5, 0.6) is 5.75 Å². The van der Waals surface area contributed by atoms with Gasteiger partial charge in [0.05, 0.1) is 17.0 Å². The number of nitrogens with zero attached hydrogens (tertiary/aromatic N) is 5. The van der Waals surface area contributed by atoms with Crippen LogP contribution in [0.1, 0.15) is 41.8 Å². The molecule has 0 aliphatic heterocycles. The van der Waals surface area contributed by atoms with Crippen LogP contribution in [0.25, 0.3) is 15.9 Å². The maximum absolute atomic E-state index is 8.88. The molecule has 0 fully saturated rings. The molecule has 3 heterocycles. The molecule has 7 heteroatoms. The van der Waals surface area contributed by atoms with Crippen LogP contribution in [0, 0.1) is 18.3 Å². The standard InChI is InChI=1S/C19H17N5OS/c1-4-15-12(3)26-19-16(15)18-22-17(23-24(18)10-21-19)11(2)25-14-7-5-13(9-20)6-8-14/h5-8,10-11H,4H2,1-3H3. The topological polar surface area (TPSA) is 76.1 Å². The van der Waals surface area contributed by atoms with Crippen molar-refractivity contribution in [1.82, 2.24) is 19.6 Å². The maximum atomic E-state index is 8.88. The van der Waals surface area contributed by atoms with Crippen molar-refractivity contribution in [3.8, 4) is 11.8 Å². The molecule has 0 aliphatic rings. The van der Waals surface area contributed by atoms with Crippen molar-refractivity contribution < 1.29 is 4.74 Å². The fourth-order valence-electron chi connectivity index (χ4n) is 3.04. The van der Waals surface area contributed by atoms with E-state index in [4.69, 9.17) is 15.0 Å². The van der Waals surface area contributed by atoms with E-state index < -0.39 is 0 Å². The van der Waals surface area contributed by atoms with E-state index in [1.165, 1.54) is 10.4 Å². The van der Waals surface area contributed by atoms with Crippen molar-refractivity contribution in [3.63, 3.8) is 0 Å². The van der Waals surface area contributed by atoms with Gasteiger partial charge in [-0.15, -0.1) is 16.4 Å². The van der Waals surface area contributed by atoms with Crippen molar-refractivity contribution in [2.75, 3.05) is 0 Å². The Labute approximate surface area is 154 Å². The first-order valence-electron chi connectivity index (χ1n) is 8.40. The van der Waals surface area contributed by atoms with Gasteiger partial charge >= 0.3 is 0 Å². The van der Waals surface area contributed by atoms with Gasteiger partial charge in [0.25, 0.3) is 0 Å². The van der Waals surface area contributed by atoms with Crippen molar-refractivity contribution >= 4 is 27.2 Å². The SMILES string of the molecule is CCc1c(C)sc2ncn3nc(C(C)Oc4ccc(C#N)cc4)nc3c12. The first kappa shape index (κ1) is 16.5. The molecule has 0 spiro atoms. The van der Waals surface area contributed by atoms with Gasteiger partial charge in [-0.1, -0.05) is 6.92 Å². The van der Waals surface area contributed by atoms with Gasteiger partial charge < -0.3 is 4.74 Å². The monoisotopic (exact) mass is 363 g/mol. The maximum Gasteiger partial charge on any atom is 0.192 e. The van der Waals surface area contributed by atoms with Crippen LogP contribution in [-0.2, 0) is 6.42 Å². The van der Waals surface area contributed by atoms with Gasteiger partial charge in [-0.2, -0.15) is 5.26 Å². The number of hydrogen-bond acceptors (Lipinski definition) is 6. The number of benzene rings is 1. The molecule has 0 saturated heterocycles. The average molecular weight is 363 g/mol. The third-order valence-electron chi connectivity index (χ3n) is 4.36. The number of nitriles is 1. The Bertz CT molecular complexity index is 1140. The van der Waals surface area contributed by atoms with Crippen LogP contribution < -0.4 is 4.74 Å². The van der Waals surface area contributed by atoms with Gasteiger partial charge in [-0.25, -0.2) is 14.5 Å². The van der Waals surface area contributed by atoms with E-state index in [1.54, 1.807) is 46.4 Å². The molecular formula is C19H17N5OS. The van der Waals surface area contributed by atoms with E-state index in [-0.39, 0.29) is 6.10 Å². The van der Waals surface area contributed by atoms with E-state index >= 15 is 0 Å². The molecule has 0 N–H and O–H groups in total. The van der Waals surface area contributed by atoms with Crippen LogP contribution >= 0.6 is 11.3 Å². The number of thiophene rings is 1. The zero-order chi connectivity index (χ0) is 18.3. The Hall–Kier alpha value is -2.98. The first-order chi connectivity index (χ1) is 12.6. The van der Waals surface area contributed by atoms with Crippen molar-refractivity contribution in [1.29, 1.82) is 5.26 Å². The number of fused-ring (bicyclic) bond motifs is 3. The minimum atomic E-state index is -0.317. The molecule has 4 rings (SSSR count). The van der Waals surface area contributed by atoms with Crippen molar-refractivity contribution in [2.45, 2.75) is 33.3 Å². The predicted molar refractivity (Wildman–Crippen MR) is 100 cm³/mol. The molecule has 130 valence electrons. The molecule has 0 bridgehead atoms. The molecule has 1 atom stereocenters. The zero-order valence-electron chi connectivity index (χ0n) is 14.7. The van der Waals surface area contributed by atoms with Crippen molar-refractivity contribution in [3.05, 3.63) is 52.4 Å². The zero-order valence-corrected chi connectivity index (χ0v) is 15.5. The summed E-state index contributed by atoms with van der Waals surface area (Å²) in [6, 6.07) is 9.12. The fourth-order valence-corrected chi connectivity index (χ4v) is 4.12. The van der Waals surface area contributed by atoms with E-state index in [1.807, 2.05) is 6.92 Å². The Morgan fingerprint density at radius 1 is 1.31 bits per heavy atom. The van der Waals surface area contributed by atoms with E-state index in [0.717, 1.165) is 22.3 Å². The normalized spacial score (nSPS) is 12.4. The first-order valence-corrected chi connectivity index (χ1v) is 9.22. The summed E-state index contributed by atoms with van der Waals surface area (Å²) in [4.78, 5) is 11.5. The van der Waals surface area contributed by atoms with Crippen LogP contribution in [0.3, 0.4) is 0 Å². The second-order valence-electron chi connectivity index (χ2n) is 6.05. The van der Waals surface area contributed by atoms with E-state index in [9.17, 15) is 0 Å².